The SMILES string of the molecule is COC(=O)c1cc(NC(=O)Nc2ccc(OC)c(OC)c2)ccc1OC(c1ccc(F)cc1)c1ccc(F)cc1. The van der Waals surface area contributed by atoms with Gasteiger partial charge < -0.3 is 29.6 Å². The standard InChI is InChI=1S/C30H26F2N2O6/c1-37-26-15-13-23(17-27(26)38-2)34-30(36)33-22-12-14-25(24(16-22)29(35)39-3)40-28(18-4-8-20(31)9-5-18)19-6-10-21(32)11-7-19/h4-17,28H,1-3H3,(H2,33,34,36). The van der Waals surface area contributed by atoms with Crippen molar-refractivity contribution in [3.05, 3.63) is 113 Å². The Morgan fingerprint density at radius 3 is 1.65 bits per heavy atom. The highest BCUT2D eigenvalue weighted by molar-refractivity contribution is 6.01. The van der Waals surface area contributed by atoms with E-state index in [9.17, 15) is 18.4 Å². The number of methoxy groups -OCH3 is 3. The van der Waals surface area contributed by atoms with Crippen LogP contribution < -0.4 is 24.8 Å². The molecule has 0 saturated carbocycles. The molecule has 0 saturated heterocycles. The molecule has 0 fully saturated rings. The fraction of sp³-hybridized carbons (Fsp3) is 0.133. The van der Waals surface area contributed by atoms with E-state index in [1.165, 1.54) is 82.0 Å². The molecular weight excluding hydrogens is 522 g/mol. The summed E-state index contributed by atoms with van der Waals surface area (Å²) in [6.07, 6.45) is -0.809. The highest BCUT2D eigenvalue weighted by Gasteiger charge is 2.22. The molecule has 40 heavy (non-hydrogen) atoms. The van der Waals surface area contributed by atoms with Crippen LogP contribution in [0.15, 0.2) is 84.9 Å². The highest BCUT2D eigenvalue weighted by atomic mass is 19.1. The average molecular weight is 549 g/mol. The second-order valence-corrected chi connectivity index (χ2v) is 8.45. The summed E-state index contributed by atoms with van der Waals surface area (Å²) >= 11 is 0. The van der Waals surface area contributed by atoms with Gasteiger partial charge in [0.15, 0.2) is 11.5 Å². The summed E-state index contributed by atoms with van der Waals surface area (Å²) in [6.45, 7) is 0. The number of hydrogen-bond acceptors (Lipinski definition) is 6. The van der Waals surface area contributed by atoms with E-state index in [0.29, 0.717) is 28.3 Å². The molecule has 0 aromatic heterocycles. The topological polar surface area (TPSA) is 95.1 Å². The second kappa shape index (κ2) is 12.6. The van der Waals surface area contributed by atoms with Gasteiger partial charge in [-0.25, -0.2) is 18.4 Å². The van der Waals surface area contributed by atoms with E-state index in [2.05, 4.69) is 10.6 Å². The zero-order chi connectivity index (χ0) is 28.6. The van der Waals surface area contributed by atoms with Gasteiger partial charge >= 0.3 is 12.0 Å². The third-order valence-corrected chi connectivity index (χ3v) is 5.87. The second-order valence-electron chi connectivity index (χ2n) is 8.45. The molecule has 0 spiro atoms. The van der Waals surface area contributed by atoms with Crippen molar-refractivity contribution in [3.8, 4) is 17.2 Å². The van der Waals surface area contributed by atoms with E-state index in [0.717, 1.165) is 0 Å². The van der Waals surface area contributed by atoms with E-state index in [4.69, 9.17) is 18.9 Å². The van der Waals surface area contributed by atoms with Gasteiger partial charge in [0.2, 0.25) is 0 Å². The van der Waals surface area contributed by atoms with Crippen LogP contribution >= 0.6 is 0 Å². The van der Waals surface area contributed by atoms with E-state index < -0.39 is 29.7 Å². The number of esters is 1. The minimum atomic E-state index is -0.809. The first-order valence-corrected chi connectivity index (χ1v) is 12.0. The number of nitrogens with one attached hydrogen (secondary N) is 2. The maximum atomic E-state index is 13.6. The van der Waals surface area contributed by atoms with Crippen molar-refractivity contribution >= 4 is 23.4 Å². The molecular formula is C30H26F2N2O6. The Morgan fingerprint density at radius 1 is 0.650 bits per heavy atom. The zero-order valence-corrected chi connectivity index (χ0v) is 21.9. The number of ether oxygens (including phenoxy) is 4. The molecule has 2 N–H and O–H groups in total. The first-order valence-electron chi connectivity index (χ1n) is 12.0. The number of halogens is 2. The van der Waals surface area contributed by atoms with Crippen molar-refractivity contribution in [3.63, 3.8) is 0 Å². The Kier molecular flexibility index (Phi) is 8.80. The normalized spacial score (nSPS) is 10.6. The van der Waals surface area contributed by atoms with Crippen molar-refractivity contribution in [2.45, 2.75) is 6.10 Å². The third kappa shape index (κ3) is 6.65. The summed E-state index contributed by atoms with van der Waals surface area (Å²) in [5, 5.41) is 5.35. The Balaban J connectivity index is 1.60. The molecule has 10 heteroatoms. The number of urea groups is 1. The summed E-state index contributed by atoms with van der Waals surface area (Å²) in [5.41, 5.74) is 1.90. The van der Waals surface area contributed by atoms with Crippen molar-refractivity contribution in [1.82, 2.24) is 0 Å². The summed E-state index contributed by atoms with van der Waals surface area (Å²) in [7, 11) is 4.20. The van der Waals surface area contributed by atoms with Gasteiger partial charge in [-0.3, -0.25) is 0 Å². The Labute approximate surface area is 229 Å². The first-order chi connectivity index (χ1) is 19.3. The van der Waals surface area contributed by atoms with Gasteiger partial charge in [0.25, 0.3) is 0 Å². The van der Waals surface area contributed by atoms with Crippen LogP contribution in [0.25, 0.3) is 0 Å². The number of amides is 2. The molecule has 4 rings (SSSR count). The molecule has 2 amide bonds. The number of carbonyl (C=O) groups is 2. The zero-order valence-electron chi connectivity index (χ0n) is 21.9. The van der Waals surface area contributed by atoms with Crippen LogP contribution in [0.1, 0.15) is 27.6 Å². The molecule has 0 aliphatic rings. The van der Waals surface area contributed by atoms with E-state index >= 15 is 0 Å². The number of benzene rings is 4. The monoisotopic (exact) mass is 548 g/mol. The average Bonchev–Trinajstić information content (AvgIpc) is 2.97. The smallest absolute Gasteiger partial charge is 0.341 e. The van der Waals surface area contributed by atoms with Gasteiger partial charge in [0, 0.05) is 17.4 Å². The predicted molar refractivity (Wildman–Crippen MR) is 145 cm³/mol. The predicted octanol–water partition coefficient (Wildman–Crippen LogP) is 6.58. The van der Waals surface area contributed by atoms with E-state index in [1.54, 1.807) is 24.3 Å². The Hall–Kier alpha value is -5.12. The number of anilines is 2. The molecule has 0 bridgehead atoms. The van der Waals surface area contributed by atoms with Crippen molar-refractivity contribution in [2.24, 2.45) is 0 Å². The summed E-state index contributed by atoms with van der Waals surface area (Å²) in [5.74, 6) is -0.498. The molecule has 0 unspecified atom stereocenters. The number of rotatable bonds is 9. The van der Waals surface area contributed by atoms with Gasteiger partial charge in [-0.05, 0) is 65.7 Å². The number of hydrogen-bond donors (Lipinski definition) is 2. The lowest BCUT2D eigenvalue weighted by Crippen LogP contribution is -2.20. The quantitative estimate of drug-likeness (QED) is 0.230. The molecule has 0 atom stereocenters. The van der Waals surface area contributed by atoms with Crippen molar-refractivity contribution < 1.29 is 37.3 Å². The Morgan fingerprint density at radius 2 is 1.15 bits per heavy atom. The minimum Gasteiger partial charge on any atom is -0.493 e. The van der Waals surface area contributed by atoms with Crippen LogP contribution in [0.3, 0.4) is 0 Å². The van der Waals surface area contributed by atoms with Crippen molar-refractivity contribution in [2.75, 3.05) is 32.0 Å². The van der Waals surface area contributed by atoms with Crippen LogP contribution in [-0.2, 0) is 4.74 Å². The van der Waals surface area contributed by atoms with Gasteiger partial charge in [-0.1, -0.05) is 24.3 Å². The van der Waals surface area contributed by atoms with Gasteiger partial charge in [-0.2, -0.15) is 0 Å². The van der Waals surface area contributed by atoms with E-state index in [1.807, 2.05) is 0 Å². The summed E-state index contributed by atoms with van der Waals surface area (Å²) in [4.78, 5) is 25.4. The van der Waals surface area contributed by atoms with Crippen molar-refractivity contribution in [1.29, 1.82) is 0 Å². The fourth-order valence-corrected chi connectivity index (χ4v) is 3.92. The first kappa shape index (κ1) is 27.9. The molecule has 8 nitrogen and oxygen atoms in total. The number of carbonyl (C=O) groups excluding carboxylic acids is 2. The lowest BCUT2D eigenvalue weighted by Gasteiger charge is -2.22. The van der Waals surface area contributed by atoms with Crippen LogP contribution in [0, 0.1) is 11.6 Å². The summed E-state index contributed by atoms with van der Waals surface area (Å²) in [6, 6.07) is 20.0. The van der Waals surface area contributed by atoms with Gasteiger partial charge in [0.1, 0.15) is 29.1 Å². The van der Waals surface area contributed by atoms with Gasteiger partial charge in [0.05, 0.1) is 21.3 Å². The van der Waals surface area contributed by atoms with Crippen LogP contribution in [0.2, 0.25) is 0 Å². The van der Waals surface area contributed by atoms with Crippen LogP contribution in [0.5, 0.6) is 17.2 Å². The van der Waals surface area contributed by atoms with E-state index in [-0.39, 0.29) is 17.0 Å². The fourth-order valence-electron chi connectivity index (χ4n) is 3.92. The molecule has 0 radical (unpaired) electrons. The maximum Gasteiger partial charge on any atom is 0.341 e. The molecule has 0 heterocycles. The molecule has 0 aliphatic carbocycles. The van der Waals surface area contributed by atoms with Crippen LogP contribution in [-0.4, -0.2) is 33.3 Å². The molecule has 4 aromatic carbocycles. The minimum absolute atomic E-state index is 0.0284. The maximum absolute atomic E-state index is 13.6. The summed E-state index contributed by atoms with van der Waals surface area (Å²) < 4.78 is 48.8. The molecule has 0 aliphatic heterocycles. The van der Waals surface area contributed by atoms with Crippen LogP contribution in [0.4, 0.5) is 25.0 Å². The molecule has 206 valence electrons. The largest absolute Gasteiger partial charge is 0.493 e. The van der Waals surface area contributed by atoms with Gasteiger partial charge in [-0.15, -0.1) is 0 Å². The molecule has 4 aromatic rings. The Bertz CT molecular complexity index is 1450. The lowest BCUT2D eigenvalue weighted by atomic mass is 10.0. The lowest BCUT2D eigenvalue weighted by molar-refractivity contribution is 0.0594. The highest BCUT2D eigenvalue weighted by Crippen LogP contribution is 2.33. The third-order valence-electron chi connectivity index (χ3n) is 5.87.